The highest BCUT2D eigenvalue weighted by Gasteiger charge is 2.33. The molecule has 0 saturated carbocycles. The van der Waals surface area contributed by atoms with E-state index < -0.39 is 23.5 Å². The van der Waals surface area contributed by atoms with E-state index in [4.69, 9.17) is 5.73 Å². The lowest BCUT2D eigenvalue weighted by atomic mass is 9.92. The van der Waals surface area contributed by atoms with Gasteiger partial charge in [-0.15, -0.1) is 0 Å². The van der Waals surface area contributed by atoms with Crippen molar-refractivity contribution in [2.75, 3.05) is 0 Å². The molecule has 0 heterocycles. The van der Waals surface area contributed by atoms with E-state index in [0.717, 1.165) is 0 Å². The minimum atomic E-state index is -1.10. The molecule has 4 N–H and O–H groups in total. The van der Waals surface area contributed by atoms with Gasteiger partial charge in [0.25, 0.3) is 0 Å². The smallest absolute Gasteiger partial charge is 0.330 e. The Bertz CT molecular complexity index is 441. The van der Waals surface area contributed by atoms with Gasteiger partial charge in [0.05, 0.1) is 5.54 Å². The molecule has 1 atom stereocenters. The fourth-order valence-electron chi connectivity index (χ4n) is 1.78. The molecule has 0 aliphatic heterocycles. The van der Waals surface area contributed by atoms with Gasteiger partial charge >= 0.3 is 5.97 Å². The van der Waals surface area contributed by atoms with Crippen LogP contribution in [0.1, 0.15) is 38.3 Å². The van der Waals surface area contributed by atoms with Gasteiger partial charge in [-0.05, 0) is 18.4 Å². The second-order valence-corrected chi connectivity index (χ2v) is 4.52. The van der Waals surface area contributed by atoms with Crippen molar-refractivity contribution in [3.63, 3.8) is 0 Å². The maximum atomic E-state index is 12.1. The van der Waals surface area contributed by atoms with Crippen LogP contribution in [0.25, 0.3) is 0 Å². The molecule has 1 aromatic rings. The number of nitrogens with one attached hydrogen (secondary N) is 1. The van der Waals surface area contributed by atoms with Crippen LogP contribution in [0.3, 0.4) is 0 Å². The Kier molecular flexibility index (Phi) is 5.06. The summed E-state index contributed by atoms with van der Waals surface area (Å²) in [5.41, 5.74) is 5.46. The number of nitrogens with two attached hydrogens (primary N) is 1. The fraction of sp³-hybridized carbons (Fsp3) is 0.429. The van der Waals surface area contributed by atoms with E-state index >= 15 is 0 Å². The van der Waals surface area contributed by atoms with E-state index in [1.807, 2.05) is 0 Å². The molecule has 0 radical (unpaired) electrons. The number of aliphatic carboxylic acids is 1. The van der Waals surface area contributed by atoms with Gasteiger partial charge in [-0.3, -0.25) is 4.79 Å². The molecule has 0 spiro atoms. The third kappa shape index (κ3) is 3.54. The Morgan fingerprint density at radius 3 is 2.21 bits per heavy atom. The van der Waals surface area contributed by atoms with Gasteiger partial charge in [-0.2, -0.15) is 0 Å². The number of amides is 1. The summed E-state index contributed by atoms with van der Waals surface area (Å²) in [6.45, 7) is 3.61. The first-order valence-electron chi connectivity index (χ1n) is 6.32. The van der Waals surface area contributed by atoms with Gasteiger partial charge in [0.2, 0.25) is 5.91 Å². The quantitative estimate of drug-likeness (QED) is 0.725. The van der Waals surface area contributed by atoms with Crippen molar-refractivity contribution in [3.05, 3.63) is 35.9 Å². The lowest BCUT2D eigenvalue weighted by Crippen LogP contribution is -2.54. The fourth-order valence-corrected chi connectivity index (χ4v) is 1.78. The van der Waals surface area contributed by atoms with Crippen LogP contribution >= 0.6 is 0 Å². The van der Waals surface area contributed by atoms with Gasteiger partial charge in [-0.1, -0.05) is 44.2 Å². The average Bonchev–Trinajstić information content (AvgIpc) is 2.44. The summed E-state index contributed by atoms with van der Waals surface area (Å²) in [5, 5.41) is 11.7. The Morgan fingerprint density at radius 1 is 1.26 bits per heavy atom. The van der Waals surface area contributed by atoms with Crippen molar-refractivity contribution in [1.82, 2.24) is 5.32 Å². The Morgan fingerprint density at radius 2 is 1.79 bits per heavy atom. The number of carboxylic acids is 1. The zero-order valence-corrected chi connectivity index (χ0v) is 11.2. The number of rotatable bonds is 6. The monoisotopic (exact) mass is 264 g/mol. The Hall–Kier alpha value is -1.88. The predicted molar refractivity (Wildman–Crippen MR) is 72.5 cm³/mol. The summed E-state index contributed by atoms with van der Waals surface area (Å²) in [5.74, 6) is -1.54. The molecule has 0 aliphatic rings. The summed E-state index contributed by atoms with van der Waals surface area (Å²) >= 11 is 0. The SMILES string of the molecule is CCC(N)(CC)C(=O)NC(C(=O)O)c1ccccc1. The first-order valence-corrected chi connectivity index (χ1v) is 6.32. The van der Waals surface area contributed by atoms with E-state index in [1.165, 1.54) is 0 Å². The van der Waals surface area contributed by atoms with Gasteiger partial charge in [-0.25, -0.2) is 4.79 Å². The van der Waals surface area contributed by atoms with Crippen LogP contribution in [0.4, 0.5) is 0 Å². The summed E-state index contributed by atoms with van der Waals surface area (Å²) in [6.07, 6.45) is 0.910. The first kappa shape index (κ1) is 15.2. The zero-order chi connectivity index (χ0) is 14.5. The van der Waals surface area contributed by atoms with Crippen LogP contribution < -0.4 is 11.1 Å². The van der Waals surface area contributed by atoms with Crippen molar-refractivity contribution in [2.24, 2.45) is 5.73 Å². The van der Waals surface area contributed by atoms with E-state index in [0.29, 0.717) is 18.4 Å². The number of carbonyl (C=O) groups excluding carboxylic acids is 1. The Balaban J connectivity index is 2.93. The highest BCUT2D eigenvalue weighted by Crippen LogP contribution is 2.17. The molecule has 0 saturated heterocycles. The Labute approximate surface area is 112 Å². The summed E-state index contributed by atoms with van der Waals surface area (Å²) < 4.78 is 0. The van der Waals surface area contributed by atoms with Crippen LogP contribution in [-0.2, 0) is 9.59 Å². The van der Waals surface area contributed by atoms with Gasteiger partial charge in [0.15, 0.2) is 6.04 Å². The van der Waals surface area contributed by atoms with Crippen molar-refractivity contribution >= 4 is 11.9 Å². The molecule has 5 heteroatoms. The van der Waals surface area contributed by atoms with Gasteiger partial charge in [0, 0.05) is 0 Å². The first-order chi connectivity index (χ1) is 8.94. The number of carboxylic acid groups (broad SMARTS) is 1. The summed E-state index contributed by atoms with van der Waals surface area (Å²) in [4.78, 5) is 23.4. The zero-order valence-electron chi connectivity index (χ0n) is 11.2. The van der Waals surface area contributed by atoms with Gasteiger partial charge in [0.1, 0.15) is 0 Å². The number of carbonyl (C=O) groups is 2. The normalized spacial score (nSPS) is 12.8. The molecule has 5 nitrogen and oxygen atoms in total. The molecule has 19 heavy (non-hydrogen) atoms. The molecular weight excluding hydrogens is 244 g/mol. The number of hydrogen-bond donors (Lipinski definition) is 3. The van der Waals surface area contributed by atoms with E-state index in [-0.39, 0.29) is 0 Å². The third-order valence-corrected chi connectivity index (χ3v) is 3.37. The number of benzene rings is 1. The topological polar surface area (TPSA) is 92.4 Å². The van der Waals surface area contributed by atoms with Crippen molar-refractivity contribution < 1.29 is 14.7 Å². The predicted octanol–water partition coefficient (Wildman–Crippen LogP) is 1.45. The second-order valence-electron chi connectivity index (χ2n) is 4.52. The molecule has 1 rings (SSSR count). The van der Waals surface area contributed by atoms with E-state index in [1.54, 1.807) is 44.2 Å². The molecule has 1 amide bonds. The molecular formula is C14H20N2O3. The number of hydrogen-bond acceptors (Lipinski definition) is 3. The van der Waals surface area contributed by atoms with Crippen LogP contribution in [0.15, 0.2) is 30.3 Å². The highest BCUT2D eigenvalue weighted by atomic mass is 16.4. The molecule has 0 aliphatic carbocycles. The van der Waals surface area contributed by atoms with Crippen LogP contribution in [0.2, 0.25) is 0 Å². The van der Waals surface area contributed by atoms with Crippen LogP contribution in [0.5, 0.6) is 0 Å². The minimum Gasteiger partial charge on any atom is -0.479 e. The summed E-state index contributed by atoms with van der Waals surface area (Å²) in [6, 6.07) is 7.49. The van der Waals surface area contributed by atoms with Crippen molar-refractivity contribution in [3.8, 4) is 0 Å². The molecule has 0 aromatic heterocycles. The van der Waals surface area contributed by atoms with Gasteiger partial charge < -0.3 is 16.2 Å². The molecule has 0 fully saturated rings. The molecule has 1 unspecified atom stereocenters. The second kappa shape index (κ2) is 6.33. The lowest BCUT2D eigenvalue weighted by Gasteiger charge is -2.27. The molecule has 0 bridgehead atoms. The third-order valence-electron chi connectivity index (χ3n) is 3.37. The summed E-state index contributed by atoms with van der Waals surface area (Å²) in [7, 11) is 0. The van der Waals surface area contributed by atoms with Crippen molar-refractivity contribution in [2.45, 2.75) is 38.3 Å². The highest BCUT2D eigenvalue weighted by molar-refractivity contribution is 5.90. The maximum Gasteiger partial charge on any atom is 0.330 e. The maximum absolute atomic E-state index is 12.1. The van der Waals surface area contributed by atoms with Crippen LogP contribution in [0, 0.1) is 0 Å². The largest absolute Gasteiger partial charge is 0.479 e. The standard InChI is InChI=1S/C14H20N2O3/c1-3-14(15,4-2)13(19)16-11(12(17)18)10-8-6-5-7-9-10/h5-9,11H,3-4,15H2,1-2H3,(H,16,19)(H,17,18). The minimum absolute atomic E-state index is 0.436. The average molecular weight is 264 g/mol. The van der Waals surface area contributed by atoms with Crippen LogP contribution in [-0.4, -0.2) is 22.5 Å². The lowest BCUT2D eigenvalue weighted by molar-refractivity contribution is -0.143. The molecule has 104 valence electrons. The van der Waals surface area contributed by atoms with Crippen molar-refractivity contribution in [1.29, 1.82) is 0 Å². The van der Waals surface area contributed by atoms with E-state index in [9.17, 15) is 14.7 Å². The molecule has 1 aromatic carbocycles. The van der Waals surface area contributed by atoms with E-state index in [2.05, 4.69) is 5.32 Å².